The summed E-state index contributed by atoms with van der Waals surface area (Å²) >= 11 is 0. The van der Waals surface area contributed by atoms with Crippen molar-refractivity contribution < 1.29 is 9.72 Å². The summed E-state index contributed by atoms with van der Waals surface area (Å²) in [6.45, 7) is 0. The molecule has 0 radical (unpaired) electrons. The Morgan fingerprint density at radius 2 is 2.09 bits per heavy atom. The first-order chi connectivity index (χ1) is 10.7. The van der Waals surface area contributed by atoms with Crippen molar-refractivity contribution in [2.45, 2.75) is 0 Å². The van der Waals surface area contributed by atoms with Crippen LogP contribution >= 0.6 is 0 Å². The molecule has 1 amide bonds. The van der Waals surface area contributed by atoms with Crippen molar-refractivity contribution in [1.29, 1.82) is 0 Å². The molecule has 0 unspecified atom stereocenters. The van der Waals surface area contributed by atoms with Crippen LogP contribution in [-0.4, -0.2) is 22.0 Å². The van der Waals surface area contributed by atoms with Gasteiger partial charge in [0, 0.05) is 24.7 Å². The van der Waals surface area contributed by atoms with Gasteiger partial charge in [-0.2, -0.15) is 5.10 Å². The van der Waals surface area contributed by atoms with Gasteiger partial charge in [0.15, 0.2) is 0 Å². The number of allylic oxidation sites excluding steroid dienone is 1. The molecule has 0 aliphatic rings. The van der Waals surface area contributed by atoms with Crippen molar-refractivity contribution in [3.8, 4) is 0 Å². The van der Waals surface area contributed by atoms with Crippen LogP contribution in [0.15, 0.2) is 60.0 Å². The number of nitro benzene ring substituents is 1. The Labute approximate surface area is 126 Å². The van der Waals surface area contributed by atoms with E-state index in [1.54, 1.807) is 36.5 Å². The van der Waals surface area contributed by atoms with Crippen molar-refractivity contribution in [2.75, 3.05) is 0 Å². The summed E-state index contributed by atoms with van der Waals surface area (Å²) in [5, 5.41) is 14.6. The molecule has 7 heteroatoms. The van der Waals surface area contributed by atoms with Gasteiger partial charge in [0.1, 0.15) is 0 Å². The molecule has 2 aromatic rings. The van der Waals surface area contributed by atoms with Crippen LogP contribution < -0.4 is 5.43 Å². The van der Waals surface area contributed by atoms with Gasteiger partial charge in [0.25, 0.3) is 11.6 Å². The third-order valence-corrected chi connectivity index (χ3v) is 2.66. The van der Waals surface area contributed by atoms with E-state index in [4.69, 9.17) is 0 Å². The minimum absolute atomic E-state index is 0.00606. The topological polar surface area (TPSA) is 97.5 Å². The molecule has 1 aromatic carbocycles. The predicted octanol–water partition coefficient (Wildman–Crippen LogP) is 2.42. The number of rotatable bonds is 5. The first-order valence-corrected chi connectivity index (χ1v) is 6.32. The maximum Gasteiger partial charge on any atom is 0.276 e. The normalized spacial score (nSPS) is 10.9. The second kappa shape index (κ2) is 7.44. The van der Waals surface area contributed by atoms with Crippen LogP contribution in [0, 0.1) is 10.1 Å². The number of hydrazone groups is 1. The number of hydrogen-bond acceptors (Lipinski definition) is 5. The number of benzene rings is 1. The molecule has 1 aromatic heterocycles. The zero-order valence-corrected chi connectivity index (χ0v) is 11.4. The third kappa shape index (κ3) is 4.07. The van der Waals surface area contributed by atoms with Crippen molar-refractivity contribution >= 4 is 23.9 Å². The van der Waals surface area contributed by atoms with Crippen LogP contribution in [0.3, 0.4) is 0 Å². The van der Waals surface area contributed by atoms with Gasteiger partial charge >= 0.3 is 0 Å². The molecule has 1 N–H and O–H groups in total. The van der Waals surface area contributed by atoms with Crippen LogP contribution in [0.25, 0.3) is 6.08 Å². The molecule has 2 rings (SSSR count). The fraction of sp³-hybridized carbons (Fsp3) is 0. The van der Waals surface area contributed by atoms with Gasteiger partial charge < -0.3 is 0 Å². The Hall–Kier alpha value is -3.35. The third-order valence-electron chi connectivity index (χ3n) is 2.66. The van der Waals surface area contributed by atoms with Crippen molar-refractivity contribution in [3.05, 3.63) is 76.1 Å². The van der Waals surface area contributed by atoms with Gasteiger partial charge in [-0.15, -0.1) is 0 Å². The van der Waals surface area contributed by atoms with E-state index in [9.17, 15) is 14.9 Å². The number of aromatic nitrogens is 1. The molecule has 0 aliphatic carbocycles. The summed E-state index contributed by atoms with van der Waals surface area (Å²) in [6, 6.07) is 9.59. The van der Waals surface area contributed by atoms with E-state index in [1.165, 1.54) is 30.6 Å². The lowest BCUT2D eigenvalue weighted by Gasteiger charge is -1.97. The van der Waals surface area contributed by atoms with Crippen molar-refractivity contribution in [3.63, 3.8) is 0 Å². The van der Waals surface area contributed by atoms with Crippen LogP contribution in [-0.2, 0) is 0 Å². The molecule has 110 valence electrons. The Morgan fingerprint density at radius 3 is 2.82 bits per heavy atom. The highest BCUT2D eigenvalue weighted by atomic mass is 16.6. The molecular formula is C15H12N4O3. The summed E-state index contributed by atoms with van der Waals surface area (Å²) in [5.41, 5.74) is 3.18. The molecule has 1 heterocycles. The van der Waals surface area contributed by atoms with E-state index in [0.29, 0.717) is 11.1 Å². The van der Waals surface area contributed by atoms with E-state index >= 15 is 0 Å². The number of nitrogens with zero attached hydrogens (tertiary/aromatic N) is 3. The minimum atomic E-state index is -0.457. The molecule has 7 nitrogen and oxygen atoms in total. The fourth-order valence-electron chi connectivity index (χ4n) is 1.64. The van der Waals surface area contributed by atoms with Crippen LogP contribution in [0.1, 0.15) is 15.9 Å². The van der Waals surface area contributed by atoms with E-state index in [2.05, 4.69) is 15.5 Å². The predicted molar refractivity (Wildman–Crippen MR) is 82.3 cm³/mol. The molecule has 0 aliphatic heterocycles. The SMILES string of the molecule is O=C(NN=C/C=C\c1ccccc1[N+](=O)[O-])c1cccnc1. The number of para-hydroxylation sites is 1. The standard InChI is InChI=1S/C15H12N4O3/c20-15(13-7-3-9-16-11-13)18-17-10-4-6-12-5-1-2-8-14(12)19(21)22/h1-11H,(H,18,20)/b6-4-,17-10?. The highest BCUT2D eigenvalue weighted by molar-refractivity contribution is 5.94. The number of nitrogens with one attached hydrogen (secondary N) is 1. The van der Waals surface area contributed by atoms with Crippen molar-refractivity contribution in [1.82, 2.24) is 10.4 Å². The van der Waals surface area contributed by atoms with E-state index in [0.717, 1.165) is 0 Å². The maximum atomic E-state index is 11.6. The summed E-state index contributed by atoms with van der Waals surface area (Å²) in [6.07, 6.45) is 7.37. The molecule has 0 spiro atoms. The monoisotopic (exact) mass is 296 g/mol. The molecule has 0 bridgehead atoms. The number of carbonyl (C=O) groups is 1. The molecule has 0 atom stereocenters. The number of nitro groups is 1. The number of carbonyl (C=O) groups excluding carboxylic acids is 1. The highest BCUT2D eigenvalue weighted by Gasteiger charge is 2.08. The van der Waals surface area contributed by atoms with Crippen molar-refractivity contribution in [2.24, 2.45) is 5.10 Å². The Bertz CT molecular complexity index is 727. The lowest BCUT2D eigenvalue weighted by molar-refractivity contribution is -0.385. The number of amides is 1. The Morgan fingerprint density at radius 1 is 1.27 bits per heavy atom. The fourth-order valence-corrected chi connectivity index (χ4v) is 1.64. The zero-order chi connectivity index (χ0) is 15.8. The van der Waals surface area contributed by atoms with Crippen LogP contribution in [0.4, 0.5) is 5.69 Å². The van der Waals surface area contributed by atoms with Crippen LogP contribution in [0.2, 0.25) is 0 Å². The lowest BCUT2D eigenvalue weighted by atomic mass is 10.2. The first kappa shape index (κ1) is 15.0. The van der Waals surface area contributed by atoms with Crippen LogP contribution in [0.5, 0.6) is 0 Å². The second-order valence-electron chi connectivity index (χ2n) is 4.14. The average molecular weight is 296 g/mol. The summed E-state index contributed by atoms with van der Waals surface area (Å²) in [7, 11) is 0. The minimum Gasteiger partial charge on any atom is -0.267 e. The van der Waals surface area contributed by atoms with E-state index in [1.807, 2.05) is 0 Å². The average Bonchev–Trinajstić information content (AvgIpc) is 2.55. The number of hydrogen-bond donors (Lipinski definition) is 1. The maximum absolute atomic E-state index is 11.6. The first-order valence-electron chi connectivity index (χ1n) is 6.32. The highest BCUT2D eigenvalue weighted by Crippen LogP contribution is 2.18. The summed E-state index contributed by atoms with van der Waals surface area (Å²) in [5.74, 6) is -0.386. The quantitative estimate of drug-likeness (QED) is 0.520. The van der Waals surface area contributed by atoms with Gasteiger partial charge in [0.05, 0.1) is 16.1 Å². The van der Waals surface area contributed by atoms with Gasteiger partial charge in [0.2, 0.25) is 0 Å². The lowest BCUT2D eigenvalue weighted by Crippen LogP contribution is -2.17. The summed E-state index contributed by atoms with van der Waals surface area (Å²) < 4.78 is 0. The van der Waals surface area contributed by atoms with Gasteiger partial charge in [-0.1, -0.05) is 12.1 Å². The smallest absolute Gasteiger partial charge is 0.267 e. The Balaban J connectivity index is 1.96. The largest absolute Gasteiger partial charge is 0.276 e. The molecule has 22 heavy (non-hydrogen) atoms. The van der Waals surface area contributed by atoms with Gasteiger partial charge in [-0.25, -0.2) is 5.43 Å². The Kier molecular flexibility index (Phi) is 5.09. The summed E-state index contributed by atoms with van der Waals surface area (Å²) in [4.78, 5) is 25.8. The van der Waals surface area contributed by atoms with Gasteiger partial charge in [-0.05, 0) is 30.4 Å². The molecular weight excluding hydrogens is 284 g/mol. The molecule has 0 saturated heterocycles. The zero-order valence-electron chi connectivity index (χ0n) is 11.4. The van der Waals surface area contributed by atoms with E-state index in [-0.39, 0.29) is 11.6 Å². The number of pyridine rings is 1. The molecule has 0 saturated carbocycles. The molecule has 0 fully saturated rings. The van der Waals surface area contributed by atoms with Gasteiger partial charge in [-0.3, -0.25) is 19.9 Å². The van der Waals surface area contributed by atoms with E-state index < -0.39 is 4.92 Å². The second-order valence-corrected chi connectivity index (χ2v) is 4.14.